The number of esters is 1. The second-order valence-corrected chi connectivity index (χ2v) is 4.88. The summed E-state index contributed by atoms with van der Waals surface area (Å²) in [5.41, 5.74) is 4.57. The van der Waals surface area contributed by atoms with Crippen molar-refractivity contribution in [1.82, 2.24) is 0 Å². The van der Waals surface area contributed by atoms with E-state index in [1.807, 2.05) is 21.1 Å². The van der Waals surface area contributed by atoms with Gasteiger partial charge in [0.2, 0.25) is 0 Å². The lowest BCUT2D eigenvalue weighted by Gasteiger charge is -2.28. The maximum Gasteiger partial charge on any atom is 0.317 e. The Hall–Kier alpha value is -1.67. The van der Waals surface area contributed by atoms with E-state index in [4.69, 9.17) is 9.84 Å². The first-order valence-corrected chi connectivity index (χ1v) is 5.57. The molecular weight excluding hydrogens is 256 g/mol. The number of carboxylic acids is 2. The topological polar surface area (TPSA) is 130 Å². The van der Waals surface area contributed by atoms with E-state index in [0.29, 0.717) is 11.0 Å². The van der Waals surface area contributed by atoms with Crippen LogP contribution in [-0.2, 0) is 19.1 Å². The van der Waals surface area contributed by atoms with Gasteiger partial charge in [0.05, 0.1) is 27.7 Å². The normalized spacial score (nSPS) is 11.8. The first kappa shape index (κ1) is 19.7. The molecule has 0 fully saturated rings. The summed E-state index contributed by atoms with van der Waals surface area (Å²) in [6, 6.07) is 0. The minimum absolute atomic E-state index is 0.255. The molecule has 0 rings (SSSR count). The zero-order valence-electron chi connectivity index (χ0n) is 11.7. The Morgan fingerprint density at radius 2 is 1.74 bits per heavy atom. The summed E-state index contributed by atoms with van der Waals surface area (Å²) in [6.07, 6.45) is -0.868. The molecule has 0 aliphatic carbocycles. The van der Waals surface area contributed by atoms with Crippen molar-refractivity contribution in [2.75, 3.05) is 34.2 Å². The fraction of sp³-hybridized carbons (Fsp3) is 0.727. The number of hydrogen-bond acceptors (Lipinski definition) is 6. The number of carbonyl (C=O) groups excluding carboxylic acids is 2. The summed E-state index contributed by atoms with van der Waals surface area (Å²) in [5, 5.41) is 18.0. The van der Waals surface area contributed by atoms with Gasteiger partial charge in [0.15, 0.2) is 6.10 Å². The number of carboxylic acid groups (broad SMARTS) is 2. The van der Waals surface area contributed by atoms with Gasteiger partial charge in [0.1, 0.15) is 6.54 Å². The second kappa shape index (κ2) is 9.29. The highest BCUT2D eigenvalue weighted by molar-refractivity contribution is 5.68. The van der Waals surface area contributed by atoms with Crippen molar-refractivity contribution in [1.29, 1.82) is 0 Å². The highest BCUT2D eigenvalue weighted by atomic mass is 16.5. The van der Waals surface area contributed by atoms with Crippen LogP contribution in [0.2, 0.25) is 0 Å². The minimum atomic E-state index is -1.20. The number of quaternary nitrogens is 1. The predicted octanol–water partition coefficient (Wildman–Crippen LogP) is -2.21. The number of aliphatic carboxylic acids is 2. The van der Waals surface area contributed by atoms with Crippen LogP contribution in [0.4, 0.5) is 0 Å². The first-order valence-electron chi connectivity index (χ1n) is 5.57. The molecule has 0 saturated heterocycles. The van der Waals surface area contributed by atoms with Gasteiger partial charge in [-0.1, -0.05) is 0 Å². The fourth-order valence-corrected chi connectivity index (χ4v) is 1.17. The van der Waals surface area contributed by atoms with Gasteiger partial charge < -0.3 is 30.0 Å². The number of nitrogens with two attached hydrogens (primary N) is 1. The molecule has 8 nitrogen and oxygen atoms in total. The van der Waals surface area contributed by atoms with Crippen molar-refractivity contribution in [3.05, 3.63) is 0 Å². The SMILES string of the molecule is CC(=O)OC(CC(=O)[O-])C[N+](C)(C)C.NCC(=O)O. The van der Waals surface area contributed by atoms with Gasteiger partial charge in [0, 0.05) is 19.3 Å². The van der Waals surface area contributed by atoms with Crippen molar-refractivity contribution in [2.45, 2.75) is 19.4 Å². The Morgan fingerprint density at radius 3 is 1.95 bits per heavy atom. The minimum Gasteiger partial charge on any atom is -0.550 e. The first-order chi connectivity index (χ1) is 8.47. The van der Waals surface area contributed by atoms with Gasteiger partial charge in [-0.25, -0.2) is 0 Å². The lowest BCUT2D eigenvalue weighted by molar-refractivity contribution is -0.873. The van der Waals surface area contributed by atoms with E-state index in [1.165, 1.54) is 6.92 Å². The van der Waals surface area contributed by atoms with Crippen LogP contribution in [0.25, 0.3) is 0 Å². The molecule has 8 heteroatoms. The van der Waals surface area contributed by atoms with Crippen LogP contribution in [0, 0.1) is 0 Å². The van der Waals surface area contributed by atoms with Crippen LogP contribution in [0.15, 0.2) is 0 Å². The van der Waals surface area contributed by atoms with Crippen LogP contribution in [-0.4, -0.2) is 67.8 Å². The molecule has 0 saturated carbocycles. The Balaban J connectivity index is 0. The third-order valence-corrected chi connectivity index (χ3v) is 1.65. The van der Waals surface area contributed by atoms with Gasteiger partial charge >= 0.3 is 11.9 Å². The van der Waals surface area contributed by atoms with Crippen molar-refractivity contribution in [3.8, 4) is 0 Å². The van der Waals surface area contributed by atoms with Gasteiger partial charge in [0.25, 0.3) is 0 Å². The average molecular weight is 278 g/mol. The van der Waals surface area contributed by atoms with Crippen LogP contribution in [0.1, 0.15) is 13.3 Å². The molecule has 112 valence electrons. The molecule has 19 heavy (non-hydrogen) atoms. The van der Waals surface area contributed by atoms with E-state index in [1.54, 1.807) is 0 Å². The van der Waals surface area contributed by atoms with Crippen molar-refractivity contribution >= 4 is 17.9 Å². The molecule has 0 aliphatic rings. The van der Waals surface area contributed by atoms with Crippen molar-refractivity contribution in [3.63, 3.8) is 0 Å². The molecule has 1 unspecified atom stereocenters. The molecule has 0 spiro atoms. The second-order valence-electron chi connectivity index (χ2n) is 4.88. The maximum absolute atomic E-state index is 10.7. The summed E-state index contributed by atoms with van der Waals surface area (Å²) >= 11 is 0. The highest BCUT2D eigenvalue weighted by Gasteiger charge is 2.20. The van der Waals surface area contributed by atoms with Crippen molar-refractivity contribution in [2.24, 2.45) is 5.73 Å². The summed E-state index contributed by atoms with van der Waals surface area (Å²) < 4.78 is 5.39. The molecule has 0 aromatic rings. The van der Waals surface area contributed by atoms with E-state index < -0.39 is 24.0 Å². The Morgan fingerprint density at radius 1 is 1.32 bits per heavy atom. The van der Waals surface area contributed by atoms with Crippen LogP contribution >= 0.6 is 0 Å². The molecule has 0 heterocycles. The van der Waals surface area contributed by atoms with E-state index in [9.17, 15) is 19.5 Å². The lowest BCUT2D eigenvalue weighted by atomic mass is 10.2. The van der Waals surface area contributed by atoms with E-state index in [-0.39, 0.29) is 13.0 Å². The summed E-state index contributed by atoms with van der Waals surface area (Å²) in [4.78, 5) is 30.3. The molecular formula is C11H22N2O6. The quantitative estimate of drug-likeness (QED) is 0.416. The van der Waals surface area contributed by atoms with Crippen LogP contribution < -0.4 is 10.8 Å². The van der Waals surface area contributed by atoms with Crippen LogP contribution in [0.3, 0.4) is 0 Å². The highest BCUT2D eigenvalue weighted by Crippen LogP contribution is 2.04. The molecule has 0 radical (unpaired) electrons. The maximum atomic E-state index is 10.7. The Bertz CT molecular complexity index is 295. The lowest BCUT2D eigenvalue weighted by Crippen LogP contribution is -2.45. The number of hydrogen-bond donors (Lipinski definition) is 2. The fourth-order valence-electron chi connectivity index (χ4n) is 1.17. The van der Waals surface area contributed by atoms with E-state index in [2.05, 4.69) is 5.73 Å². The summed E-state index contributed by atoms with van der Waals surface area (Å²) in [6.45, 7) is 1.44. The predicted molar refractivity (Wildman–Crippen MR) is 64.8 cm³/mol. The number of carbonyl (C=O) groups is 3. The summed E-state index contributed by atoms with van der Waals surface area (Å²) in [7, 11) is 5.68. The molecule has 3 N–H and O–H groups in total. The Labute approximate surface area is 112 Å². The largest absolute Gasteiger partial charge is 0.550 e. The third kappa shape index (κ3) is 18.9. The average Bonchev–Trinajstić information content (AvgIpc) is 2.13. The number of ether oxygens (including phenoxy) is 1. The van der Waals surface area contributed by atoms with Gasteiger partial charge in [-0.05, 0) is 0 Å². The van der Waals surface area contributed by atoms with Crippen molar-refractivity contribution < 1.29 is 33.8 Å². The standard InChI is InChI=1S/C9H17NO4.C2H5NO2/c1-7(11)14-8(5-9(12)13)6-10(2,3)4;3-1-2(4)5/h8H,5-6H2,1-4H3;1,3H2,(H,4,5). The summed E-state index contributed by atoms with van der Waals surface area (Å²) in [5.74, 6) is -2.64. The number of likely N-dealkylation sites (N-methyl/N-ethyl adjacent to an activating group) is 1. The zero-order chi connectivity index (χ0) is 15.6. The molecule has 0 aromatic carbocycles. The molecule has 1 atom stereocenters. The Kier molecular flexibility index (Phi) is 9.61. The van der Waals surface area contributed by atoms with Gasteiger partial charge in [-0.15, -0.1) is 0 Å². The number of nitrogens with zero attached hydrogens (tertiary/aromatic N) is 1. The number of rotatable bonds is 6. The smallest absolute Gasteiger partial charge is 0.317 e. The molecule has 0 aliphatic heterocycles. The third-order valence-electron chi connectivity index (χ3n) is 1.65. The van der Waals surface area contributed by atoms with Gasteiger partial charge in [-0.2, -0.15) is 0 Å². The van der Waals surface area contributed by atoms with E-state index in [0.717, 1.165) is 0 Å². The monoisotopic (exact) mass is 278 g/mol. The molecule has 0 aromatic heterocycles. The molecule has 0 bridgehead atoms. The van der Waals surface area contributed by atoms with E-state index >= 15 is 0 Å². The molecule has 0 amide bonds. The zero-order valence-corrected chi connectivity index (χ0v) is 11.7. The van der Waals surface area contributed by atoms with Crippen LogP contribution in [0.5, 0.6) is 0 Å². The van der Waals surface area contributed by atoms with Gasteiger partial charge in [-0.3, -0.25) is 9.59 Å².